The molecular formula is C31H40N6O6S. The molecule has 2 aliphatic heterocycles. The van der Waals surface area contributed by atoms with E-state index in [1.807, 2.05) is 47.1 Å². The molecule has 0 radical (unpaired) electrons. The van der Waals surface area contributed by atoms with Crippen molar-refractivity contribution < 1.29 is 29.1 Å². The molecule has 1 fully saturated rings. The predicted octanol–water partition coefficient (Wildman–Crippen LogP) is 2.71. The normalized spacial score (nSPS) is 17.2. The van der Waals surface area contributed by atoms with E-state index in [1.165, 1.54) is 23.0 Å². The highest BCUT2D eigenvalue weighted by Gasteiger charge is 2.42. The number of fused-ring (bicyclic) bond motifs is 1. The van der Waals surface area contributed by atoms with Crippen molar-refractivity contribution in [3.8, 4) is 0 Å². The van der Waals surface area contributed by atoms with E-state index in [1.54, 1.807) is 25.4 Å². The lowest BCUT2D eigenvalue weighted by molar-refractivity contribution is -0.200. The fourth-order valence-electron chi connectivity index (χ4n) is 5.26. The number of nitrogens with two attached hydrogens (primary N) is 1. The van der Waals surface area contributed by atoms with Gasteiger partial charge in [-0.2, -0.15) is 0 Å². The molecule has 0 bridgehead atoms. The van der Waals surface area contributed by atoms with Gasteiger partial charge in [-0.3, -0.25) is 24.0 Å². The number of carbonyl (C=O) groups excluding carboxylic acids is 3. The summed E-state index contributed by atoms with van der Waals surface area (Å²) in [5, 5.41) is 15.3. The molecule has 236 valence electrons. The Morgan fingerprint density at radius 3 is 2.61 bits per heavy atom. The van der Waals surface area contributed by atoms with Crippen molar-refractivity contribution in [2.75, 3.05) is 43.0 Å². The first-order valence-electron chi connectivity index (χ1n) is 14.7. The summed E-state index contributed by atoms with van der Waals surface area (Å²) in [5.74, 6) is -2.01. The van der Waals surface area contributed by atoms with Gasteiger partial charge >= 0.3 is 5.97 Å². The van der Waals surface area contributed by atoms with E-state index in [0.29, 0.717) is 55.1 Å². The van der Waals surface area contributed by atoms with Gasteiger partial charge in [0.15, 0.2) is 5.78 Å². The molecule has 44 heavy (non-hydrogen) atoms. The number of hydroxylamine groups is 2. The highest BCUT2D eigenvalue weighted by atomic mass is 32.2. The van der Waals surface area contributed by atoms with E-state index in [0.717, 1.165) is 5.56 Å². The van der Waals surface area contributed by atoms with Crippen LogP contribution in [0.3, 0.4) is 0 Å². The lowest BCUT2D eigenvalue weighted by atomic mass is 9.90. The molecular weight excluding hydrogens is 584 g/mol. The Morgan fingerprint density at radius 2 is 1.95 bits per heavy atom. The maximum absolute atomic E-state index is 13.2. The zero-order chi connectivity index (χ0) is 31.8. The lowest BCUT2D eigenvalue weighted by Gasteiger charge is -2.42. The maximum atomic E-state index is 13.2. The number of aromatic nitrogens is 1. The second-order valence-electron chi connectivity index (χ2n) is 10.8. The third kappa shape index (κ3) is 7.88. The number of thioether (sulfide) groups is 1. The number of rotatable bonds is 14. The van der Waals surface area contributed by atoms with E-state index in [-0.39, 0.29) is 42.8 Å². The number of pyridine rings is 1. The number of nitrogens with zero attached hydrogens (tertiary/aromatic N) is 4. The molecule has 1 aromatic heterocycles. The average Bonchev–Trinajstić information content (AvgIpc) is 2.98. The number of hydrogen-bond donors (Lipinski definition) is 3. The number of carboxylic acid groups (broad SMARTS) is 1. The summed E-state index contributed by atoms with van der Waals surface area (Å²) in [5.41, 5.74) is 7.62. The number of aliphatic carboxylic acids is 1. The summed E-state index contributed by atoms with van der Waals surface area (Å²) in [4.78, 5) is 64.4. The van der Waals surface area contributed by atoms with Crippen LogP contribution in [0.2, 0.25) is 0 Å². The Balaban J connectivity index is 1.31. The molecule has 13 heteroatoms. The smallest absolute Gasteiger partial charge is 0.316 e. The van der Waals surface area contributed by atoms with E-state index >= 15 is 0 Å². The van der Waals surface area contributed by atoms with Crippen molar-refractivity contribution in [3.05, 3.63) is 64.7 Å². The van der Waals surface area contributed by atoms with E-state index < -0.39 is 17.7 Å². The summed E-state index contributed by atoms with van der Waals surface area (Å²) in [6.07, 6.45) is 2.97. The van der Waals surface area contributed by atoms with E-state index in [2.05, 4.69) is 5.32 Å². The summed E-state index contributed by atoms with van der Waals surface area (Å²) in [6, 6.07) is 11.5. The highest BCUT2D eigenvalue weighted by molar-refractivity contribution is 8.02. The molecule has 2 aliphatic rings. The van der Waals surface area contributed by atoms with Crippen LogP contribution in [0.15, 0.2) is 48.0 Å². The van der Waals surface area contributed by atoms with E-state index in [4.69, 9.17) is 15.6 Å². The lowest BCUT2D eigenvalue weighted by Crippen LogP contribution is -2.55. The van der Waals surface area contributed by atoms with Crippen LogP contribution in [0.4, 0.5) is 11.6 Å². The minimum absolute atomic E-state index is 0.0209. The maximum Gasteiger partial charge on any atom is 0.316 e. The predicted molar refractivity (Wildman–Crippen MR) is 169 cm³/mol. The minimum Gasteiger partial charge on any atom is -0.481 e. The average molecular weight is 625 g/mol. The van der Waals surface area contributed by atoms with Gasteiger partial charge in [-0.15, -0.1) is 11.8 Å². The van der Waals surface area contributed by atoms with Gasteiger partial charge in [-0.25, -0.2) is 10.0 Å². The highest BCUT2D eigenvalue weighted by Crippen LogP contribution is 2.38. The molecule has 4 rings (SSSR count). The number of Topliss-reactive ketones (excluding diaryl/α,β-unsaturated/α-hetero) is 1. The fraction of sp³-hybridized carbons (Fsp3) is 0.452. The number of ketones is 1. The molecule has 1 saturated heterocycles. The minimum atomic E-state index is -1.18. The number of carboxylic acids is 1. The van der Waals surface area contributed by atoms with Gasteiger partial charge in [0.1, 0.15) is 23.7 Å². The topological polar surface area (TPSA) is 158 Å². The largest absolute Gasteiger partial charge is 0.481 e. The first kappa shape index (κ1) is 32.8. The van der Waals surface area contributed by atoms with Gasteiger partial charge in [0.05, 0.1) is 24.0 Å². The molecule has 3 heterocycles. The number of amides is 2. The van der Waals surface area contributed by atoms with Gasteiger partial charge in [-0.1, -0.05) is 37.3 Å². The SMILES string of the molecule is CCC(S/C=C\N)N1CC(C(=O)O)C(=O)c2c(C)cc(N3CC(ON(C)C(=O)CCNC(=O)CCc4ccccc4)C3)nc21. The van der Waals surface area contributed by atoms with E-state index in [9.17, 15) is 24.3 Å². The van der Waals surface area contributed by atoms with Gasteiger partial charge in [0, 0.05) is 39.2 Å². The monoisotopic (exact) mass is 624 g/mol. The molecule has 0 saturated carbocycles. The Morgan fingerprint density at radius 1 is 1.23 bits per heavy atom. The molecule has 2 amide bonds. The van der Waals surface area contributed by atoms with Crippen molar-refractivity contribution in [2.45, 2.75) is 51.0 Å². The van der Waals surface area contributed by atoms with Crippen molar-refractivity contribution in [1.82, 2.24) is 15.4 Å². The van der Waals surface area contributed by atoms with Crippen LogP contribution in [0, 0.1) is 12.8 Å². The Bertz CT molecular complexity index is 1380. The molecule has 1 aromatic carbocycles. The van der Waals surface area contributed by atoms with Crippen molar-refractivity contribution >= 4 is 47.0 Å². The van der Waals surface area contributed by atoms with Crippen LogP contribution in [0.1, 0.15) is 47.7 Å². The fourth-order valence-corrected chi connectivity index (χ4v) is 6.05. The van der Waals surface area contributed by atoms with Crippen LogP contribution in [0.5, 0.6) is 0 Å². The molecule has 0 spiro atoms. The number of hydrogen-bond acceptors (Lipinski definition) is 10. The third-order valence-corrected chi connectivity index (χ3v) is 8.90. The Kier molecular flexibility index (Phi) is 11.2. The number of benzene rings is 1. The van der Waals surface area contributed by atoms with Crippen LogP contribution < -0.4 is 20.9 Å². The zero-order valence-corrected chi connectivity index (χ0v) is 26.1. The van der Waals surface area contributed by atoms with Crippen LogP contribution >= 0.6 is 11.8 Å². The van der Waals surface area contributed by atoms with Crippen LogP contribution in [0.25, 0.3) is 0 Å². The number of aryl methyl sites for hydroxylation is 2. The molecule has 2 aromatic rings. The van der Waals surface area contributed by atoms with Crippen molar-refractivity contribution in [2.24, 2.45) is 11.7 Å². The number of carbonyl (C=O) groups is 4. The second-order valence-corrected chi connectivity index (χ2v) is 11.9. The third-order valence-electron chi connectivity index (χ3n) is 7.68. The van der Waals surface area contributed by atoms with Gasteiger partial charge in [0.25, 0.3) is 0 Å². The molecule has 4 N–H and O–H groups in total. The van der Waals surface area contributed by atoms with Crippen LogP contribution in [-0.4, -0.2) is 83.4 Å². The first-order chi connectivity index (χ1) is 21.1. The Labute approximate surface area is 261 Å². The van der Waals surface area contributed by atoms with Gasteiger partial charge < -0.3 is 26.0 Å². The second kappa shape index (κ2) is 15.1. The van der Waals surface area contributed by atoms with Gasteiger partial charge in [0.2, 0.25) is 11.8 Å². The summed E-state index contributed by atoms with van der Waals surface area (Å²) in [6.45, 7) is 4.98. The molecule has 2 atom stereocenters. The van der Waals surface area contributed by atoms with Crippen molar-refractivity contribution in [3.63, 3.8) is 0 Å². The Hall–Kier alpha value is -4.10. The standard InChI is InChI=1S/C31H40N6O6S/c1-4-27(44-15-13-32)37-19-23(31(41)42)29(40)28-20(2)16-24(34-30(28)37)36-17-22(18-36)43-35(3)26(39)12-14-33-25(38)11-10-21-8-6-5-7-9-21/h5-9,13,15-16,22-23,27H,4,10-12,14,17-19,32H2,1-3H3,(H,33,38)(H,41,42)/b15-13-. The quantitative estimate of drug-likeness (QED) is 0.210. The van der Waals surface area contributed by atoms with Gasteiger partial charge in [-0.05, 0) is 42.4 Å². The summed E-state index contributed by atoms with van der Waals surface area (Å²) in [7, 11) is 1.56. The zero-order valence-electron chi connectivity index (χ0n) is 25.3. The first-order valence-corrected chi connectivity index (χ1v) is 15.6. The molecule has 2 unspecified atom stereocenters. The molecule has 0 aliphatic carbocycles. The van der Waals surface area contributed by atoms with Crippen molar-refractivity contribution in [1.29, 1.82) is 0 Å². The van der Waals surface area contributed by atoms with Crippen LogP contribution in [-0.2, 0) is 25.6 Å². The number of nitrogens with one attached hydrogen (secondary N) is 1. The number of anilines is 2. The summed E-state index contributed by atoms with van der Waals surface area (Å²) >= 11 is 1.45. The molecule has 12 nitrogen and oxygen atoms in total. The summed E-state index contributed by atoms with van der Waals surface area (Å²) < 4.78 is 0.